The maximum absolute atomic E-state index is 12.6. The first-order valence-corrected chi connectivity index (χ1v) is 9.50. The molecule has 7 heteroatoms. The van der Waals surface area contributed by atoms with Crippen molar-refractivity contribution < 1.29 is 9.53 Å². The number of aromatic nitrogens is 3. The number of nitrogens with zero attached hydrogens (tertiary/aromatic N) is 3. The maximum atomic E-state index is 12.6. The lowest BCUT2D eigenvalue weighted by Gasteiger charge is -2.13. The first-order valence-electron chi connectivity index (χ1n) is 8.69. The van der Waals surface area contributed by atoms with Gasteiger partial charge in [-0.2, -0.15) is 5.10 Å². The summed E-state index contributed by atoms with van der Waals surface area (Å²) in [6.45, 7) is 3.37. The fourth-order valence-corrected chi connectivity index (χ4v) is 4.15. The van der Waals surface area contributed by atoms with Crippen molar-refractivity contribution in [2.75, 3.05) is 20.2 Å². The van der Waals surface area contributed by atoms with Gasteiger partial charge in [0.25, 0.3) is 5.91 Å². The van der Waals surface area contributed by atoms with Gasteiger partial charge in [-0.1, -0.05) is 13.0 Å². The van der Waals surface area contributed by atoms with E-state index in [1.54, 1.807) is 11.1 Å². The molecule has 3 heterocycles. The summed E-state index contributed by atoms with van der Waals surface area (Å²) in [6.07, 6.45) is 5.33. The minimum atomic E-state index is -0.0117. The highest BCUT2D eigenvalue weighted by Gasteiger charge is 2.24. The standard InChI is InChI=1S/C19H20N4O2S/c1-3-7-23(2)19(24)18-22-17-14-5-4-12(13-10-20-21-11-13)9-15(14)25-8-6-16(17)26-18/h4-5,9-11H,3,6-8H2,1-2H3,(H,20,21). The Morgan fingerprint density at radius 3 is 3.04 bits per heavy atom. The second-order valence-corrected chi connectivity index (χ2v) is 7.40. The van der Waals surface area contributed by atoms with Crippen molar-refractivity contribution in [1.82, 2.24) is 20.1 Å². The molecule has 4 rings (SSSR count). The van der Waals surface area contributed by atoms with Gasteiger partial charge in [0.1, 0.15) is 5.75 Å². The second-order valence-electron chi connectivity index (χ2n) is 6.31. The Labute approximate surface area is 155 Å². The van der Waals surface area contributed by atoms with Crippen LogP contribution in [0.25, 0.3) is 22.4 Å². The zero-order valence-electron chi connectivity index (χ0n) is 14.8. The molecule has 1 aliphatic rings. The highest BCUT2D eigenvalue weighted by molar-refractivity contribution is 7.14. The molecule has 3 aromatic rings. The molecule has 0 radical (unpaired) electrons. The summed E-state index contributed by atoms with van der Waals surface area (Å²) in [6, 6.07) is 6.07. The van der Waals surface area contributed by atoms with E-state index in [1.165, 1.54) is 11.3 Å². The zero-order valence-corrected chi connectivity index (χ0v) is 15.6. The van der Waals surface area contributed by atoms with Gasteiger partial charge in [0, 0.05) is 42.2 Å². The van der Waals surface area contributed by atoms with Gasteiger partial charge in [-0.25, -0.2) is 4.98 Å². The van der Waals surface area contributed by atoms with Crippen molar-refractivity contribution >= 4 is 17.2 Å². The van der Waals surface area contributed by atoms with Crippen molar-refractivity contribution in [3.63, 3.8) is 0 Å². The van der Waals surface area contributed by atoms with Crippen LogP contribution in [0.2, 0.25) is 0 Å². The first kappa shape index (κ1) is 16.8. The smallest absolute Gasteiger partial charge is 0.282 e. The van der Waals surface area contributed by atoms with Crippen molar-refractivity contribution in [2.45, 2.75) is 19.8 Å². The summed E-state index contributed by atoms with van der Waals surface area (Å²) in [4.78, 5) is 20.1. The molecule has 2 aromatic heterocycles. The van der Waals surface area contributed by atoms with Crippen LogP contribution in [0.1, 0.15) is 28.0 Å². The van der Waals surface area contributed by atoms with Gasteiger partial charge < -0.3 is 9.64 Å². The van der Waals surface area contributed by atoms with Crippen LogP contribution in [0.3, 0.4) is 0 Å². The van der Waals surface area contributed by atoms with Crippen LogP contribution >= 0.6 is 11.3 Å². The number of carbonyl (C=O) groups is 1. The molecule has 1 aliphatic heterocycles. The van der Waals surface area contributed by atoms with E-state index in [-0.39, 0.29) is 5.91 Å². The number of rotatable bonds is 4. The fourth-order valence-electron chi connectivity index (χ4n) is 3.10. The van der Waals surface area contributed by atoms with E-state index < -0.39 is 0 Å². The number of carbonyl (C=O) groups excluding carboxylic acids is 1. The van der Waals surface area contributed by atoms with Gasteiger partial charge in [-0.05, 0) is 24.1 Å². The number of aromatic amines is 1. The number of ether oxygens (including phenoxy) is 1. The minimum Gasteiger partial charge on any atom is -0.492 e. The van der Waals surface area contributed by atoms with Crippen LogP contribution < -0.4 is 4.74 Å². The third-order valence-corrected chi connectivity index (χ3v) is 5.54. The summed E-state index contributed by atoms with van der Waals surface area (Å²) >= 11 is 1.48. The van der Waals surface area contributed by atoms with Gasteiger partial charge in [0.05, 0.1) is 18.5 Å². The van der Waals surface area contributed by atoms with Crippen LogP contribution in [0.15, 0.2) is 30.6 Å². The van der Waals surface area contributed by atoms with Crippen LogP contribution in [0.4, 0.5) is 0 Å². The number of nitrogens with one attached hydrogen (secondary N) is 1. The predicted octanol–water partition coefficient (Wildman–Crippen LogP) is 3.62. The molecule has 0 bridgehead atoms. The lowest BCUT2D eigenvalue weighted by atomic mass is 10.0. The fraction of sp³-hybridized carbons (Fsp3) is 0.316. The first-order chi connectivity index (χ1) is 12.7. The molecule has 0 aliphatic carbocycles. The topological polar surface area (TPSA) is 71.1 Å². The van der Waals surface area contributed by atoms with Crippen molar-refractivity contribution in [3.8, 4) is 28.1 Å². The average molecular weight is 368 g/mol. The molecule has 134 valence electrons. The highest BCUT2D eigenvalue weighted by atomic mass is 32.1. The van der Waals surface area contributed by atoms with Crippen molar-refractivity contribution in [1.29, 1.82) is 0 Å². The Kier molecular flexibility index (Phi) is 4.46. The summed E-state index contributed by atoms with van der Waals surface area (Å²) in [7, 11) is 1.83. The molecular weight excluding hydrogens is 348 g/mol. The van der Waals surface area contributed by atoms with Crippen LogP contribution in [0, 0.1) is 0 Å². The Morgan fingerprint density at radius 2 is 2.27 bits per heavy atom. The van der Waals surface area contributed by atoms with E-state index in [9.17, 15) is 4.79 Å². The number of amides is 1. The summed E-state index contributed by atoms with van der Waals surface area (Å²) < 4.78 is 5.96. The lowest BCUT2D eigenvalue weighted by Crippen LogP contribution is -2.27. The van der Waals surface area contributed by atoms with E-state index in [0.717, 1.165) is 52.4 Å². The monoisotopic (exact) mass is 368 g/mol. The predicted molar refractivity (Wildman–Crippen MR) is 102 cm³/mol. The molecule has 1 amide bonds. The van der Waals surface area contributed by atoms with E-state index in [4.69, 9.17) is 4.74 Å². The zero-order chi connectivity index (χ0) is 18.1. The molecule has 6 nitrogen and oxygen atoms in total. The van der Waals surface area contributed by atoms with E-state index in [1.807, 2.05) is 31.4 Å². The molecule has 0 saturated heterocycles. The largest absolute Gasteiger partial charge is 0.492 e. The van der Waals surface area contributed by atoms with E-state index >= 15 is 0 Å². The average Bonchev–Trinajstić information content (AvgIpc) is 3.29. The maximum Gasteiger partial charge on any atom is 0.282 e. The Bertz CT molecular complexity index is 933. The number of fused-ring (bicyclic) bond motifs is 3. The number of hydrogen-bond donors (Lipinski definition) is 1. The third-order valence-electron chi connectivity index (χ3n) is 4.44. The van der Waals surface area contributed by atoms with Gasteiger partial charge in [-0.3, -0.25) is 9.89 Å². The van der Waals surface area contributed by atoms with Crippen LogP contribution in [-0.4, -0.2) is 46.2 Å². The number of H-pyrrole nitrogens is 1. The molecular formula is C19H20N4O2S. The van der Waals surface area contributed by atoms with E-state index in [2.05, 4.69) is 22.1 Å². The van der Waals surface area contributed by atoms with Gasteiger partial charge in [0.2, 0.25) is 0 Å². The summed E-state index contributed by atoms with van der Waals surface area (Å²) in [5.74, 6) is 0.788. The number of thiazole rings is 1. The van der Waals surface area contributed by atoms with Crippen LogP contribution in [-0.2, 0) is 6.42 Å². The van der Waals surface area contributed by atoms with E-state index in [0.29, 0.717) is 11.6 Å². The molecule has 0 unspecified atom stereocenters. The third kappa shape index (κ3) is 2.99. The normalized spacial score (nSPS) is 12.7. The minimum absolute atomic E-state index is 0.0117. The summed E-state index contributed by atoms with van der Waals surface area (Å²) in [5, 5.41) is 7.38. The van der Waals surface area contributed by atoms with Crippen LogP contribution in [0.5, 0.6) is 5.75 Å². The van der Waals surface area contributed by atoms with Crippen molar-refractivity contribution in [2.24, 2.45) is 0 Å². The molecule has 0 spiro atoms. The number of hydrogen-bond acceptors (Lipinski definition) is 5. The second kappa shape index (κ2) is 6.92. The highest BCUT2D eigenvalue weighted by Crippen LogP contribution is 2.39. The Balaban J connectivity index is 1.72. The quantitative estimate of drug-likeness (QED) is 0.763. The number of benzene rings is 1. The molecule has 0 fully saturated rings. The van der Waals surface area contributed by atoms with Gasteiger partial charge in [-0.15, -0.1) is 11.3 Å². The summed E-state index contributed by atoms with van der Waals surface area (Å²) in [5.41, 5.74) is 3.86. The molecule has 1 aromatic carbocycles. The van der Waals surface area contributed by atoms with Gasteiger partial charge in [0.15, 0.2) is 5.01 Å². The van der Waals surface area contributed by atoms with Crippen molar-refractivity contribution in [3.05, 3.63) is 40.5 Å². The Morgan fingerprint density at radius 1 is 1.38 bits per heavy atom. The molecule has 0 atom stereocenters. The molecule has 26 heavy (non-hydrogen) atoms. The SMILES string of the molecule is CCCN(C)C(=O)c1nc2c(s1)CCOc1cc(-c3cn[nH]c3)ccc1-2. The lowest BCUT2D eigenvalue weighted by molar-refractivity contribution is 0.0795. The van der Waals surface area contributed by atoms with Gasteiger partial charge >= 0.3 is 0 Å². The Hall–Kier alpha value is -2.67. The molecule has 1 N–H and O–H groups in total. The molecule has 0 saturated carbocycles.